The van der Waals surface area contributed by atoms with Crippen LogP contribution in [0.25, 0.3) is 11.4 Å². The van der Waals surface area contributed by atoms with Crippen LogP contribution in [-0.4, -0.2) is 25.0 Å². The molecule has 0 amide bonds. The van der Waals surface area contributed by atoms with E-state index in [-0.39, 0.29) is 5.92 Å². The quantitative estimate of drug-likeness (QED) is 0.792. The summed E-state index contributed by atoms with van der Waals surface area (Å²) in [6.07, 6.45) is 1.69. The highest BCUT2D eigenvalue weighted by molar-refractivity contribution is 9.10. The molecular weight excluding hydrogens is 270 g/mol. The Morgan fingerprint density at radius 3 is 2.62 bits per heavy atom. The molecule has 0 saturated carbocycles. The first kappa shape index (κ1) is 11.2. The number of halogens is 1. The van der Waals surface area contributed by atoms with E-state index in [4.69, 9.17) is 0 Å². The summed E-state index contributed by atoms with van der Waals surface area (Å²) >= 11 is 3.39. The van der Waals surface area contributed by atoms with Gasteiger partial charge < -0.3 is 0 Å². The fourth-order valence-corrected chi connectivity index (χ4v) is 1.74. The highest BCUT2D eigenvalue weighted by atomic mass is 79.9. The van der Waals surface area contributed by atoms with E-state index in [9.17, 15) is 0 Å². The second-order valence-corrected chi connectivity index (χ2v) is 4.64. The summed E-state index contributed by atoms with van der Waals surface area (Å²) in [6.45, 7) is 4.13. The Labute approximate surface area is 102 Å². The SMILES string of the molecule is CC(C)c1nc(Br)cc(-c2cnnn2C)n1. The first-order chi connectivity index (χ1) is 7.58. The first-order valence-electron chi connectivity index (χ1n) is 4.97. The van der Waals surface area contributed by atoms with Gasteiger partial charge in [0.05, 0.1) is 11.9 Å². The third-order valence-corrected chi connectivity index (χ3v) is 2.61. The van der Waals surface area contributed by atoms with Gasteiger partial charge in [0.15, 0.2) is 0 Å². The van der Waals surface area contributed by atoms with E-state index in [1.165, 1.54) is 0 Å². The van der Waals surface area contributed by atoms with Gasteiger partial charge in [0.2, 0.25) is 0 Å². The monoisotopic (exact) mass is 281 g/mol. The summed E-state index contributed by atoms with van der Waals surface area (Å²) in [5.41, 5.74) is 1.71. The molecule has 0 saturated heterocycles. The van der Waals surface area contributed by atoms with Crippen LogP contribution in [0.15, 0.2) is 16.9 Å². The van der Waals surface area contributed by atoms with E-state index >= 15 is 0 Å². The number of hydrogen-bond donors (Lipinski definition) is 0. The highest BCUT2D eigenvalue weighted by Gasteiger charge is 2.11. The van der Waals surface area contributed by atoms with Gasteiger partial charge in [-0.05, 0) is 22.0 Å². The minimum Gasteiger partial charge on any atom is -0.246 e. The molecule has 0 fully saturated rings. The predicted octanol–water partition coefficient (Wildman–Crippen LogP) is 2.16. The molecule has 6 heteroatoms. The minimum atomic E-state index is 0.289. The zero-order valence-corrected chi connectivity index (χ0v) is 10.9. The summed E-state index contributed by atoms with van der Waals surface area (Å²) in [4.78, 5) is 8.82. The van der Waals surface area contributed by atoms with Crippen LogP contribution in [-0.2, 0) is 7.05 Å². The van der Waals surface area contributed by atoms with Crippen molar-refractivity contribution in [3.05, 3.63) is 22.7 Å². The molecule has 0 N–H and O–H groups in total. The first-order valence-corrected chi connectivity index (χ1v) is 5.76. The van der Waals surface area contributed by atoms with Crippen LogP contribution in [0.4, 0.5) is 0 Å². The van der Waals surface area contributed by atoms with Gasteiger partial charge in [-0.25, -0.2) is 14.6 Å². The number of aromatic nitrogens is 5. The Morgan fingerprint density at radius 2 is 2.06 bits per heavy atom. The van der Waals surface area contributed by atoms with Crippen LogP contribution in [0, 0.1) is 0 Å². The number of nitrogens with zero attached hydrogens (tertiary/aromatic N) is 5. The van der Waals surface area contributed by atoms with Gasteiger partial charge in [-0.2, -0.15) is 0 Å². The maximum atomic E-state index is 4.49. The second-order valence-electron chi connectivity index (χ2n) is 3.83. The van der Waals surface area contributed by atoms with Gasteiger partial charge in [0.1, 0.15) is 16.1 Å². The Hall–Kier alpha value is -1.30. The molecule has 2 aromatic heterocycles. The van der Waals surface area contributed by atoms with Crippen molar-refractivity contribution in [2.75, 3.05) is 0 Å². The number of hydrogen-bond acceptors (Lipinski definition) is 4. The highest BCUT2D eigenvalue weighted by Crippen LogP contribution is 2.21. The molecule has 0 radical (unpaired) electrons. The van der Waals surface area contributed by atoms with Gasteiger partial charge in [0, 0.05) is 13.0 Å². The van der Waals surface area contributed by atoms with E-state index in [1.807, 2.05) is 13.1 Å². The van der Waals surface area contributed by atoms with Gasteiger partial charge in [-0.15, -0.1) is 5.10 Å². The summed E-state index contributed by atoms with van der Waals surface area (Å²) in [5.74, 6) is 1.10. The zero-order valence-electron chi connectivity index (χ0n) is 9.35. The number of aryl methyl sites for hydroxylation is 1. The van der Waals surface area contributed by atoms with Crippen LogP contribution in [0.1, 0.15) is 25.6 Å². The van der Waals surface area contributed by atoms with Crippen molar-refractivity contribution >= 4 is 15.9 Å². The zero-order chi connectivity index (χ0) is 11.7. The molecule has 0 aliphatic heterocycles. The van der Waals surface area contributed by atoms with Crippen molar-refractivity contribution in [2.45, 2.75) is 19.8 Å². The average Bonchev–Trinajstić information content (AvgIpc) is 2.63. The molecule has 0 bridgehead atoms. The second kappa shape index (κ2) is 4.29. The van der Waals surface area contributed by atoms with Crippen molar-refractivity contribution < 1.29 is 0 Å². The van der Waals surface area contributed by atoms with Crippen LogP contribution >= 0.6 is 15.9 Å². The molecule has 84 valence electrons. The Bertz CT molecular complexity index is 506. The van der Waals surface area contributed by atoms with E-state index in [0.717, 1.165) is 21.8 Å². The largest absolute Gasteiger partial charge is 0.246 e. The smallest absolute Gasteiger partial charge is 0.132 e. The van der Waals surface area contributed by atoms with E-state index in [0.29, 0.717) is 0 Å². The lowest BCUT2D eigenvalue weighted by molar-refractivity contribution is 0.715. The van der Waals surface area contributed by atoms with Crippen LogP contribution < -0.4 is 0 Å². The van der Waals surface area contributed by atoms with Crippen LogP contribution in [0.3, 0.4) is 0 Å². The van der Waals surface area contributed by atoms with Gasteiger partial charge in [-0.3, -0.25) is 0 Å². The maximum absolute atomic E-state index is 4.49. The topological polar surface area (TPSA) is 56.5 Å². The molecule has 0 unspecified atom stereocenters. The molecule has 2 aromatic rings. The van der Waals surface area contributed by atoms with E-state index in [2.05, 4.69) is 50.1 Å². The molecule has 0 spiro atoms. The third kappa shape index (κ3) is 2.11. The van der Waals surface area contributed by atoms with Crippen molar-refractivity contribution in [1.29, 1.82) is 0 Å². The molecule has 16 heavy (non-hydrogen) atoms. The van der Waals surface area contributed by atoms with Gasteiger partial charge in [0.25, 0.3) is 0 Å². The Kier molecular flexibility index (Phi) is 3.00. The molecule has 0 atom stereocenters. The lowest BCUT2D eigenvalue weighted by Gasteiger charge is -2.07. The van der Waals surface area contributed by atoms with Crippen LogP contribution in [0.2, 0.25) is 0 Å². The van der Waals surface area contributed by atoms with E-state index < -0.39 is 0 Å². The number of rotatable bonds is 2. The molecule has 5 nitrogen and oxygen atoms in total. The maximum Gasteiger partial charge on any atom is 0.132 e. The molecule has 0 aliphatic rings. The Morgan fingerprint density at radius 1 is 1.31 bits per heavy atom. The van der Waals surface area contributed by atoms with Gasteiger partial charge >= 0.3 is 0 Å². The standard InChI is InChI=1S/C10H12BrN5/c1-6(2)10-13-7(4-9(11)14-10)8-5-12-15-16(8)3/h4-6H,1-3H3. The van der Waals surface area contributed by atoms with Crippen LogP contribution in [0.5, 0.6) is 0 Å². The van der Waals surface area contributed by atoms with Crippen molar-refractivity contribution in [1.82, 2.24) is 25.0 Å². The summed E-state index contributed by atoms with van der Waals surface area (Å²) < 4.78 is 2.47. The van der Waals surface area contributed by atoms with Gasteiger partial charge in [-0.1, -0.05) is 19.1 Å². The third-order valence-electron chi connectivity index (χ3n) is 2.21. The summed E-state index contributed by atoms with van der Waals surface area (Å²) in [5, 5.41) is 7.73. The summed E-state index contributed by atoms with van der Waals surface area (Å²) in [6, 6.07) is 1.87. The fraction of sp³-hybridized carbons (Fsp3) is 0.400. The predicted molar refractivity (Wildman–Crippen MR) is 63.8 cm³/mol. The summed E-state index contributed by atoms with van der Waals surface area (Å²) in [7, 11) is 1.84. The lowest BCUT2D eigenvalue weighted by atomic mass is 10.2. The average molecular weight is 282 g/mol. The molecule has 2 rings (SSSR count). The minimum absolute atomic E-state index is 0.289. The van der Waals surface area contributed by atoms with E-state index in [1.54, 1.807) is 10.9 Å². The van der Waals surface area contributed by atoms with Crippen molar-refractivity contribution in [2.24, 2.45) is 7.05 Å². The lowest BCUT2D eigenvalue weighted by Crippen LogP contribution is -2.02. The molecule has 0 aromatic carbocycles. The fourth-order valence-electron chi connectivity index (χ4n) is 1.35. The molecule has 0 aliphatic carbocycles. The van der Waals surface area contributed by atoms with Crippen molar-refractivity contribution in [3.8, 4) is 11.4 Å². The normalized spacial score (nSPS) is 11.1. The molecular formula is C10H12BrN5. The molecule has 2 heterocycles. The Balaban J connectivity index is 2.54. The van der Waals surface area contributed by atoms with Crippen molar-refractivity contribution in [3.63, 3.8) is 0 Å².